The fraction of sp³-hybridized carbons (Fsp3) is 0.227. The molecule has 0 aliphatic carbocycles. The average molecular weight is 405 g/mol. The summed E-state index contributed by atoms with van der Waals surface area (Å²) in [6, 6.07) is 15.3. The molecule has 0 saturated heterocycles. The van der Waals surface area contributed by atoms with E-state index in [2.05, 4.69) is 20.5 Å². The Kier molecular flexibility index (Phi) is 5.87. The summed E-state index contributed by atoms with van der Waals surface area (Å²) in [5, 5.41) is 10.9. The third-order valence-corrected chi connectivity index (χ3v) is 4.76. The van der Waals surface area contributed by atoms with Crippen LogP contribution >= 0.6 is 0 Å². The molecule has 8 nitrogen and oxygen atoms in total. The van der Waals surface area contributed by atoms with Crippen LogP contribution in [-0.2, 0) is 22.6 Å². The summed E-state index contributed by atoms with van der Waals surface area (Å²) in [6.45, 7) is 1.61. The second kappa shape index (κ2) is 8.89. The predicted octanol–water partition coefficient (Wildman–Crippen LogP) is 3.47. The van der Waals surface area contributed by atoms with Crippen LogP contribution in [0, 0.1) is 0 Å². The molecule has 2 heterocycles. The minimum absolute atomic E-state index is 0.172. The molecule has 0 bridgehead atoms. The molecule has 0 atom stereocenters. The number of carbonyl (C=O) groups excluding carboxylic acids is 1. The summed E-state index contributed by atoms with van der Waals surface area (Å²) in [6.07, 6.45) is 1.87. The highest BCUT2D eigenvalue weighted by Crippen LogP contribution is 2.24. The van der Waals surface area contributed by atoms with Crippen molar-refractivity contribution in [3.8, 4) is 11.4 Å². The second-order valence-electron chi connectivity index (χ2n) is 6.82. The number of anilines is 1. The highest BCUT2D eigenvalue weighted by atomic mass is 16.5. The van der Waals surface area contributed by atoms with Crippen LogP contribution in [0.1, 0.15) is 16.2 Å². The molecule has 2 aromatic carbocycles. The molecule has 0 spiro atoms. The largest absolute Gasteiger partial charge is 0.383 e. The van der Waals surface area contributed by atoms with Crippen molar-refractivity contribution in [2.75, 3.05) is 26.1 Å². The highest BCUT2D eigenvalue weighted by molar-refractivity contribution is 6.13. The van der Waals surface area contributed by atoms with Crippen LogP contribution in [-0.4, -0.2) is 46.5 Å². The van der Waals surface area contributed by atoms with Gasteiger partial charge in [-0.1, -0.05) is 30.3 Å². The number of rotatable bonds is 8. The molecule has 0 aliphatic heterocycles. The molecular weight excluding hydrogens is 382 g/mol. The minimum atomic E-state index is -0.172. The van der Waals surface area contributed by atoms with Gasteiger partial charge in [0.1, 0.15) is 6.61 Å². The Morgan fingerprint density at radius 3 is 2.83 bits per heavy atom. The number of methoxy groups -OCH3 is 2. The molecule has 4 aromatic rings. The number of carbonyl (C=O) groups is 1. The zero-order chi connectivity index (χ0) is 20.9. The Labute approximate surface area is 173 Å². The van der Waals surface area contributed by atoms with Crippen molar-refractivity contribution in [3.05, 3.63) is 66.1 Å². The molecule has 1 amide bonds. The first-order valence-electron chi connectivity index (χ1n) is 9.58. The van der Waals surface area contributed by atoms with Gasteiger partial charge >= 0.3 is 0 Å². The first-order chi connectivity index (χ1) is 14.7. The van der Waals surface area contributed by atoms with E-state index in [1.807, 2.05) is 59.3 Å². The number of ether oxygens (including phenoxy) is 2. The molecule has 154 valence electrons. The normalized spacial score (nSPS) is 11.1. The smallest absolute Gasteiger partial charge is 0.257 e. The van der Waals surface area contributed by atoms with E-state index in [1.165, 1.54) is 0 Å². The summed E-state index contributed by atoms with van der Waals surface area (Å²) in [4.78, 5) is 17.4. The Balaban J connectivity index is 1.58. The van der Waals surface area contributed by atoms with Crippen molar-refractivity contribution >= 4 is 22.5 Å². The third-order valence-electron chi connectivity index (χ3n) is 4.76. The van der Waals surface area contributed by atoms with Gasteiger partial charge in [-0.25, -0.2) is 4.98 Å². The van der Waals surface area contributed by atoms with Crippen LogP contribution in [0.2, 0.25) is 0 Å². The number of nitrogens with one attached hydrogen (secondary N) is 2. The van der Waals surface area contributed by atoms with E-state index in [1.54, 1.807) is 14.2 Å². The van der Waals surface area contributed by atoms with Gasteiger partial charge in [0, 0.05) is 49.1 Å². The van der Waals surface area contributed by atoms with Crippen LogP contribution in [0.5, 0.6) is 0 Å². The number of benzene rings is 2. The molecule has 30 heavy (non-hydrogen) atoms. The Morgan fingerprint density at radius 1 is 1.13 bits per heavy atom. The standard InChI is InChI=1S/C22H23N5O3/c1-29-11-10-27-13-18(17-8-3-4-9-19(17)27)22(28)23-16-7-5-6-15(12-16)21-24-20(14-30-2)25-26-21/h3-9,12-13H,10-11,14H2,1-2H3,(H,23,28)(H,24,25,26). The van der Waals surface area contributed by atoms with Gasteiger partial charge in [0.05, 0.1) is 12.2 Å². The molecule has 0 aliphatic rings. The van der Waals surface area contributed by atoms with Crippen molar-refractivity contribution in [2.45, 2.75) is 13.2 Å². The lowest BCUT2D eigenvalue weighted by molar-refractivity contribution is 0.102. The van der Waals surface area contributed by atoms with E-state index in [0.717, 1.165) is 16.5 Å². The molecule has 0 fully saturated rings. The lowest BCUT2D eigenvalue weighted by atomic mass is 10.1. The number of fused-ring (bicyclic) bond motifs is 1. The van der Waals surface area contributed by atoms with Crippen molar-refractivity contribution in [1.82, 2.24) is 19.7 Å². The Morgan fingerprint density at radius 2 is 2.00 bits per heavy atom. The van der Waals surface area contributed by atoms with Gasteiger partial charge in [0.25, 0.3) is 5.91 Å². The minimum Gasteiger partial charge on any atom is -0.383 e. The molecule has 0 saturated carbocycles. The van der Waals surface area contributed by atoms with Crippen molar-refractivity contribution in [2.24, 2.45) is 0 Å². The molecule has 2 aromatic heterocycles. The van der Waals surface area contributed by atoms with Crippen molar-refractivity contribution in [3.63, 3.8) is 0 Å². The predicted molar refractivity (Wildman–Crippen MR) is 114 cm³/mol. The maximum Gasteiger partial charge on any atom is 0.257 e. The Bertz CT molecular complexity index is 1160. The summed E-state index contributed by atoms with van der Waals surface area (Å²) in [5.41, 5.74) is 3.09. The van der Waals surface area contributed by atoms with Crippen LogP contribution in [0.15, 0.2) is 54.7 Å². The quantitative estimate of drug-likeness (QED) is 0.468. The van der Waals surface area contributed by atoms with Crippen LogP contribution in [0.4, 0.5) is 5.69 Å². The monoisotopic (exact) mass is 405 g/mol. The number of hydrogen-bond acceptors (Lipinski definition) is 5. The van der Waals surface area contributed by atoms with Crippen molar-refractivity contribution in [1.29, 1.82) is 0 Å². The van der Waals surface area contributed by atoms with E-state index >= 15 is 0 Å². The zero-order valence-electron chi connectivity index (χ0n) is 16.9. The molecule has 0 unspecified atom stereocenters. The van der Waals surface area contributed by atoms with Crippen LogP contribution in [0.3, 0.4) is 0 Å². The van der Waals surface area contributed by atoms with E-state index in [0.29, 0.717) is 42.7 Å². The SMILES string of the molecule is COCCn1cc(C(=O)Nc2cccc(-c3n[nH]c(COC)n3)c2)c2ccccc21. The summed E-state index contributed by atoms with van der Waals surface area (Å²) in [7, 11) is 3.27. The average Bonchev–Trinajstić information content (AvgIpc) is 3.38. The van der Waals surface area contributed by atoms with E-state index in [-0.39, 0.29) is 5.91 Å². The number of amides is 1. The molecule has 4 rings (SSSR count). The zero-order valence-corrected chi connectivity index (χ0v) is 16.9. The lowest BCUT2D eigenvalue weighted by Crippen LogP contribution is -2.11. The summed E-state index contributed by atoms with van der Waals surface area (Å²) in [5.74, 6) is 1.02. The van der Waals surface area contributed by atoms with Gasteiger partial charge in [-0.2, -0.15) is 5.10 Å². The maximum atomic E-state index is 13.0. The number of hydrogen-bond donors (Lipinski definition) is 2. The van der Waals surface area contributed by atoms with Gasteiger partial charge in [-0.05, 0) is 18.2 Å². The van der Waals surface area contributed by atoms with Crippen molar-refractivity contribution < 1.29 is 14.3 Å². The number of nitrogens with zero attached hydrogens (tertiary/aromatic N) is 3. The molecule has 2 N–H and O–H groups in total. The fourth-order valence-electron chi connectivity index (χ4n) is 3.36. The third kappa shape index (κ3) is 4.10. The number of H-pyrrole nitrogens is 1. The van der Waals surface area contributed by atoms with Gasteiger partial charge < -0.3 is 19.4 Å². The Hall–Kier alpha value is -3.49. The first kappa shape index (κ1) is 19.8. The number of para-hydroxylation sites is 1. The fourth-order valence-corrected chi connectivity index (χ4v) is 3.36. The molecule has 8 heteroatoms. The highest BCUT2D eigenvalue weighted by Gasteiger charge is 2.15. The lowest BCUT2D eigenvalue weighted by Gasteiger charge is -2.06. The van der Waals surface area contributed by atoms with Gasteiger partial charge in [0.2, 0.25) is 0 Å². The van der Waals surface area contributed by atoms with Crippen LogP contribution < -0.4 is 5.32 Å². The first-order valence-corrected chi connectivity index (χ1v) is 9.58. The molecular formula is C22H23N5O3. The van der Waals surface area contributed by atoms with Crippen LogP contribution in [0.25, 0.3) is 22.3 Å². The summed E-state index contributed by atoms with van der Waals surface area (Å²) < 4.78 is 12.3. The maximum absolute atomic E-state index is 13.0. The molecule has 0 radical (unpaired) electrons. The topological polar surface area (TPSA) is 94.1 Å². The second-order valence-corrected chi connectivity index (χ2v) is 6.82. The van der Waals surface area contributed by atoms with E-state index in [9.17, 15) is 4.79 Å². The van der Waals surface area contributed by atoms with Gasteiger partial charge in [0.15, 0.2) is 11.6 Å². The number of aromatic nitrogens is 4. The van der Waals surface area contributed by atoms with E-state index in [4.69, 9.17) is 9.47 Å². The van der Waals surface area contributed by atoms with Gasteiger partial charge in [-0.15, -0.1) is 0 Å². The van der Waals surface area contributed by atoms with E-state index < -0.39 is 0 Å². The summed E-state index contributed by atoms with van der Waals surface area (Å²) >= 11 is 0. The number of aromatic amines is 1. The van der Waals surface area contributed by atoms with Gasteiger partial charge in [-0.3, -0.25) is 9.89 Å².